The number of amides is 1. The molecule has 1 unspecified atom stereocenters. The largest absolute Gasteiger partial charge is 0.464 e. The lowest BCUT2D eigenvalue weighted by molar-refractivity contribution is -0.00989. The number of amidine groups is 1. The average Bonchev–Trinajstić information content (AvgIpc) is 2.54. The van der Waals surface area contributed by atoms with Crippen molar-refractivity contribution in [2.45, 2.75) is 19.6 Å². The molecule has 0 spiro atoms. The first-order valence-electron chi connectivity index (χ1n) is 7.84. The van der Waals surface area contributed by atoms with Gasteiger partial charge in [0.2, 0.25) is 5.72 Å². The van der Waals surface area contributed by atoms with Gasteiger partial charge >= 0.3 is 0 Å². The number of halogens is 1. The van der Waals surface area contributed by atoms with Crippen molar-refractivity contribution in [1.82, 2.24) is 9.97 Å². The van der Waals surface area contributed by atoms with E-state index in [9.17, 15) is 4.79 Å². The van der Waals surface area contributed by atoms with E-state index in [1.165, 1.54) is 12.4 Å². The molecule has 9 heteroatoms. The van der Waals surface area contributed by atoms with Crippen LogP contribution in [-0.2, 0) is 4.74 Å². The molecule has 0 aliphatic carbocycles. The van der Waals surface area contributed by atoms with E-state index >= 15 is 0 Å². The maximum Gasteiger partial charge on any atom is 0.275 e. The summed E-state index contributed by atoms with van der Waals surface area (Å²) in [6.45, 7) is 4.15. The molecule has 1 aromatic heterocycles. The quantitative estimate of drug-likeness (QED) is 0.785. The van der Waals surface area contributed by atoms with Gasteiger partial charge in [-0.15, -0.1) is 0 Å². The number of aryl methyl sites for hydroxylation is 1. The van der Waals surface area contributed by atoms with Crippen LogP contribution in [0.5, 0.6) is 5.75 Å². The Hall–Kier alpha value is -2.52. The molecule has 2 heterocycles. The Balaban J connectivity index is 1.78. The molecular weight excluding hydrogens is 402 g/mol. The summed E-state index contributed by atoms with van der Waals surface area (Å²) in [7, 11) is 0. The summed E-state index contributed by atoms with van der Waals surface area (Å²) in [6.07, 6.45) is 2.97. The van der Waals surface area contributed by atoms with E-state index in [4.69, 9.17) is 15.2 Å². The van der Waals surface area contributed by atoms with Gasteiger partial charge in [-0.25, -0.2) is 9.98 Å². The Morgan fingerprint density at radius 2 is 2.15 bits per heavy atom. The highest BCUT2D eigenvalue weighted by Gasteiger charge is 2.30. The second kappa shape index (κ2) is 7.38. The summed E-state index contributed by atoms with van der Waals surface area (Å²) >= 11 is 3.41. The van der Waals surface area contributed by atoms with Crippen LogP contribution in [0.4, 0.5) is 5.69 Å². The summed E-state index contributed by atoms with van der Waals surface area (Å²) in [6, 6.07) is 5.21. The monoisotopic (exact) mass is 419 g/mol. The fourth-order valence-electron chi connectivity index (χ4n) is 2.42. The zero-order valence-corrected chi connectivity index (χ0v) is 15.9. The molecule has 1 amide bonds. The molecule has 3 rings (SSSR count). The first kappa shape index (κ1) is 18.3. The van der Waals surface area contributed by atoms with E-state index in [2.05, 4.69) is 36.2 Å². The second-order valence-corrected chi connectivity index (χ2v) is 6.96. The summed E-state index contributed by atoms with van der Waals surface area (Å²) in [5.74, 6) is 0.519. The third-order valence-electron chi connectivity index (χ3n) is 3.48. The lowest BCUT2D eigenvalue weighted by atomic mass is 10.2. The lowest BCUT2D eigenvalue weighted by Crippen LogP contribution is -2.43. The number of aliphatic imine (C=N–C) groups is 1. The fraction of sp³-hybridized carbons (Fsp3) is 0.294. The van der Waals surface area contributed by atoms with Gasteiger partial charge in [-0.2, -0.15) is 0 Å². The smallest absolute Gasteiger partial charge is 0.275 e. The first-order chi connectivity index (χ1) is 12.3. The molecule has 0 saturated carbocycles. The predicted octanol–water partition coefficient (Wildman–Crippen LogP) is 2.28. The van der Waals surface area contributed by atoms with Crippen LogP contribution in [0.15, 0.2) is 40.1 Å². The lowest BCUT2D eigenvalue weighted by Gasteiger charge is -2.30. The summed E-state index contributed by atoms with van der Waals surface area (Å²) in [5, 5.41) is 2.77. The molecule has 3 N–H and O–H groups in total. The van der Waals surface area contributed by atoms with Crippen LogP contribution in [0, 0.1) is 6.92 Å². The fourth-order valence-corrected chi connectivity index (χ4v) is 2.89. The predicted molar refractivity (Wildman–Crippen MR) is 100 cm³/mol. The van der Waals surface area contributed by atoms with Crippen molar-refractivity contribution in [2.24, 2.45) is 10.7 Å². The van der Waals surface area contributed by atoms with Crippen LogP contribution in [0.3, 0.4) is 0 Å². The molecule has 0 radical (unpaired) electrons. The highest BCUT2D eigenvalue weighted by atomic mass is 79.9. The third kappa shape index (κ3) is 4.55. The maximum absolute atomic E-state index is 12.3. The van der Waals surface area contributed by atoms with Gasteiger partial charge in [0, 0.05) is 22.4 Å². The van der Waals surface area contributed by atoms with Crippen molar-refractivity contribution in [3.63, 3.8) is 0 Å². The van der Waals surface area contributed by atoms with Gasteiger partial charge in [0.15, 0.2) is 0 Å². The number of nitrogens with two attached hydrogens (primary N) is 1. The molecule has 1 atom stereocenters. The van der Waals surface area contributed by atoms with Crippen molar-refractivity contribution in [3.8, 4) is 5.75 Å². The minimum absolute atomic E-state index is 0.225. The molecule has 1 aromatic carbocycles. The van der Waals surface area contributed by atoms with Crippen LogP contribution in [0.2, 0.25) is 0 Å². The number of hydrogen-bond donors (Lipinski definition) is 2. The van der Waals surface area contributed by atoms with Crippen LogP contribution >= 0.6 is 15.9 Å². The Morgan fingerprint density at radius 3 is 2.85 bits per heavy atom. The number of rotatable bonds is 4. The molecule has 0 bridgehead atoms. The van der Waals surface area contributed by atoms with E-state index in [1.807, 2.05) is 0 Å². The van der Waals surface area contributed by atoms with E-state index in [-0.39, 0.29) is 24.8 Å². The van der Waals surface area contributed by atoms with E-state index in [0.717, 1.165) is 10.2 Å². The van der Waals surface area contributed by atoms with E-state index in [1.54, 1.807) is 32.0 Å². The van der Waals surface area contributed by atoms with Gasteiger partial charge in [0.05, 0.1) is 11.9 Å². The van der Waals surface area contributed by atoms with Crippen molar-refractivity contribution in [3.05, 3.63) is 46.5 Å². The molecule has 136 valence electrons. The van der Waals surface area contributed by atoms with Crippen molar-refractivity contribution >= 4 is 33.4 Å². The maximum atomic E-state index is 12.3. The van der Waals surface area contributed by atoms with Crippen LogP contribution in [0.1, 0.15) is 23.1 Å². The summed E-state index contributed by atoms with van der Waals surface area (Å²) in [5.41, 5.74) is 6.31. The summed E-state index contributed by atoms with van der Waals surface area (Å²) in [4.78, 5) is 24.8. The highest BCUT2D eigenvalue weighted by molar-refractivity contribution is 9.10. The Bertz CT molecular complexity index is 856. The van der Waals surface area contributed by atoms with Crippen molar-refractivity contribution < 1.29 is 14.3 Å². The van der Waals surface area contributed by atoms with E-state index in [0.29, 0.717) is 17.3 Å². The molecule has 0 fully saturated rings. The Kier molecular flexibility index (Phi) is 5.19. The molecule has 8 nitrogen and oxygen atoms in total. The number of aromatic nitrogens is 2. The van der Waals surface area contributed by atoms with Crippen molar-refractivity contribution in [1.29, 1.82) is 0 Å². The summed E-state index contributed by atoms with van der Waals surface area (Å²) < 4.78 is 12.1. The third-order valence-corrected chi connectivity index (χ3v) is 3.94. The molecule has 1 aliphatic heterocycles. The standard InChI is InChI=1S/C17H18BrN5O3/c1-10-6-21-14(7-20-10)16(24)22-12-3-11(18)4-13(5-12)26-17(2)9-25-8-15(19)23-17/h3-7H,8-9H2,1-2H3,(H2,19,23)(H,22,24). The van der Waals surface area contributed by atoms with Crippen LogP contribution in [-0.4, -0.2) is 40.6 Å². The van der Waals surface area contributed by atoms with E-state index < -0.39 is 5.72 Å². The molecule has 26 heavy (non-hydrogen) atoms. The van der Waals surface area contributed by atoms with Gasteiger partial charge in [0.1, 0.15) is 30.5 Å². The zero-order valence-electron chi connectivity index (χ0n) is 14.3. The number of carbonyl (C=O) groups is 1. The Morgan fingerprint density at radius 1 is 1.35 bits per heavy atom. The number of benzene rings is 1. The van der Waals surface area contributed by atoms with Gasteiger partial charge in [-0.1, -0.05) is 15.9 Å². The molecular formula is C17H18BrN5O3. The molecule has 2 aromatic rings. The number of ether oxygens (including phenoxy) is 2. The SMILES string of the molecule is Cc1cnc(C(=O)Nc2cc(Br)cc(OC3(C)COCC(N)=N3)c2)cn1. The number of nitrogens with one attached hydrogen (secondary N) is 1. The normalized spacial score (nSPS) is 19.6. The number of nitrogens with zero attached hydrogens (tertiary/aromatic N) is 3. The molecule has 0 saturated heterocycles. The highest BCUT2D eigenvalue weighted by Crippen LogP contribution is 2.29. The first-order valence-corrected chi connectivity index (χ1v) is 8.64. The number of carbonyl (C=O) groups excluding carboxylic acids is 1. The van der Waals surface area contributed by atoms with Crippen molar-refractivity contribution in [2.75, 3.05) is 18.5 Å². The second-order valence-electron chi connectivity index (χ2n) is 6.05. The molecule has 1 aliphatic rings. The number of hydrogen-bond acceptors (Lipinski definition) is 7. The van der Waals surface area contributed by atoms with Gasteiger partial charge < -0.3 is 20.5 Å². The van der Waals surface area contributed by atoms with Crippen LogP contribution in [0.25, 0.3) is 0 Å². The van der Waals surface area contributed by atoms with Gasteiger partial charge in [0.25, 0.3) is 5.91 Å². The van der Waals surface area contributed by atoms with Gasteiger partial charge in [-0.3, -0.25) is 9.78 Å². The minimum atomic E-state index is -0.924. The average molecular weight is 420 g/mol. The minimum Gasteiger partial charge on any atom is -0.464 e. The topological polar surface area (TPSA) is 112 Å². The zero-order chi connectivity index (χ0) is 18.7. The Labute approximate surface area is 159 Å². The van der Waals surface area contributed by atoms with Gasteiger partial charge in [-0.05, 0) is 26.0 Å². The van der Waals surface area contributed by atoms with Crippen LogP contribution < -0.4 is 15.8 Å². The number of anilines is 1.